The van der Waals surface area contributed by atoms with E-state index in [0.29, 0.717) is 40.6 Å². The summed E-state index contributed by atoms with van der Waals surface area (Å²) in [4.78, 5) is 54.9. The first-order chi connectivity index (χ1) is 17.5. The third-order valence-electron chi connectivity index (χ3n) is 7.46. The van der Waals surface area contributed by atoms with Crippen LogP contribution in [0.5, 0.6) is 5.75 Å². The number of alkyl halides is 2. The van der Waals surface area contributed by atoms with Gasteiger partial charge < -0.3 is 9.64 Å². The van der Waals surface area contributed by atoms with E-state index in [1.165, 1.54) is 4.90 Å². The molecule has 2 heterocycles. The van der Waals surface area contributed by atoms with Crippen molar-refractivity contribution < 1.29 is 23.9 Å². The van der Waals surface area contributed by atoms with Crippen molar-refractivity contribution in [3.8, 4) is 5.75 Å². The van der Waals surface area contributed by atoms with E-state index in [-0.39, 0.29) is 52.2 Å². The highest BCUT2D eigenvalue weighted by Crippen LogP contribution is 2.45. The second kappa shape index (κ2) is 10.2. The molecule has 1 saturated carbocycles. The number of aryl methyl sites for hydroxylation is 2. The van der Waals surface area contributed by atoms with E-state index in [1.54, 1.807) is 36.1 Å². The molecule has 37 heavy (non-hydrogen) atoms. The van der Waals surface area contributed by atoms with E-state index in [4.69, 9.17) is 16.3 Å². The molecule has 2 saturated heterocycles. The summed E-state index contributed by atoms with van der Waals surface area (Å²) in [5.41, 5.74) is 2.70. The third kappa shape index (κ3) is 4.86. The van der Waals surface area contributed by atoms with Crippen molar-refractivity contribution in [3.63, 3.8) is 0 Å². The van der Waals surface area contributed by atoms with Gasteiger partial charge in [-0.15, -0.1) is 0 Å². The molecule has 2 aliphatic heterocycles. The molecule has 0 bridgehead atoms. The third-order valence-corrected chi connectivity index (χ3v) is 10.6. The van der Waals surface area contributed by atoms with Crippen LogP contribution in [0.3, 0.4) is 0 Å². The van der Waals surface area contributed by atoms with Crippen LogP contribution in [0, 0.1) is 31.6 Å². The maximum absolute atomic E-state index is 13.1. The Morgan fingerprint density at radius 2 is 1.59 bits per heavy atom. The number of rotatable bonds is 4. The lowest BCUT2D eigenvalue weighted by Crippen LogP contribution is -2.34. The average molecular weight is 653 g/mol. The van der Waals surface area contributed by atoms with Crippen LogP contribution < -0.4 is 14.5 Å². The molecule has 2 aromatic rings. The minimum atomic E-state index is -0.619. The van der Waals surface area contributed by atoms with Gasteiger partial charge in [-0.25, -0.2) is 4.90 Å². The van der Waals surface area contributed by atoms with Crippen LogP contribution in [0.2, 0.25) is 5.02 Å². The van der Waals surface area contributed by atoms with Crippen molar-refractivity contribution in [1.29, 1.82) is 0 Å². The first-order valence-electron chi connectivity index (χ1n) is 12.1. The van der Waals surface area contributed by atoms with Gasteiger partial charge in [-0.2, -0.15) is 0 Å². The molecule has 3 amide bonds. The average Bonchev–Trinajstić information content (AvgIpc) is 3.34. The lowest BCUT2D eigenvalue weighted by molar-refractivity contribution is -0.139. The fourth-order valence-electron chi connectivity index (χ4n) is 5.34. The molecule has 5 atom stereocenters. The molecule has 5 rings (SSSR count). The fraction of sp³-hybridized carbons (Fsp3) is 0.407. The molecule has 0 N–H and O–H groups in total. The Balaban J connectivity index is 1.28. The zero-order valence-electron chi connectivity index (χ0n) is 20.2. The summed E-state index contributed by atoms with van der Waals surface area (Å²) in [5.74, 6) is -2.05. The molecular formula is C27H25Br2ClN2O5. The van der Waals surface area contributed by atoms with Crippen LogP contribution in [0.4, 0.5) is 11.4 Å². The van der Waals surface area contributed by atoms with Gasteiger partial charge in [-0.1, -0.05) is 49.5 Å². The summed E-state index contributed by atoms with van der Waals surface area (Å²) in [7, 11) is 0. The first kappa shape index (κ1) is 26.4. The summed E-state index contributed by atoms with van der Waals surface area (Å²) < 4.78 is 5.60. The van der Waals surface area contributed by atoms with Crippen molar-refractivity contribution in [2.45, 2.75) is 42.8 Å². The number of halogens is 3. The number of benzene rings is 2. The number of amides is 3. The van der Waals surface area contributed by atoms with E-state index >= 15 is 0 Å². The summed E-state index contributed by atoms with van der Waals surface area (Å²) in [6, 6.07) is 10.2. The second-order valence-electron chi connectivity index (χ2n) is 9.94. The van der Waals surface area contributed by atoms with Crippen molar-refractivity contribution in [1.82, 2.24) is 0 Å². The number of hydrogen-bond donors (Lipinski definition) is 0. The molecular weight excluding hydrogens is 628 g/mol. The van der Waals surface area contributed by atoms with Gasteiger partial charge in [0.05, 0.1) is 23.4 Å². The maximum atomic E-state index is 13.1. The van der Waals surface area contributed by atoms with Crippen LogP contribution in [0.15, 0.2) is 36.4 Å². The van der Waals surface area contributed by atoms with Gasteiger partial charge in [0.25, 0.3) is 0 Å². The first-order valence-corrected chi connectivity index (χ1v) is 14.3. The second-order valence-corrected chi connectivity index (χ2v) is 12.7. The maximum Gasteiger partial charge on any atom is 0.316 e. The zero-order valence-corrected chi connectivity index (χ0v) is 24.2. The number of ether oxygens (including phenoxy) is 1. The Kier molecular flexibility index (Phi) is 7.24. The van der Waals surface area contributed by atoms with Gasteiger partial charge in [-0.05, 0) is 68.1 Å². The van der Waals surface area contributed by atoms with Crippen LogP contribution in [-0.2, 0) is 19.2 Å². The van der Waals surface area contributed by atoms with Gasteiger partial charge in [0.15, 0.2) is 0 Å². The molecule has 3 aliphatic rings. The molecule has 194 valence electrons. The highest BCUT2D eigenvalue weighted by Gasteiger charge is 2.52. The van der Waals surface area contributed by atoms with Gasteiger partial charge in [-0.3, -0.25) is 19.2 Å². The number of nitrogens with zero attached hydrogens (tertiary/aromatic N) is 2. The Morgan fingerprint density at radius 1 is 0.946 bits per heavy atom. The fourth-order valence-corrected chi connectivity index (χ4v) is 6.75. The molecule has 1 aliphatic carbocycles. The van der Waals surface area contributed by atoms with Gasteiger partial charge >= 0.3 is 5.97 Å². The van der Waals surface area contributed by atoms with E-state index in [2.05, 4.69) is 31.9 Å². The summed E-state index contributed by atoms with van der Waals surface area (Å²) >= 11 is 13.4. The Morgan fingerprint density at radius 3 is 2.19 bits per heavy atom. The minimum Gasteiger partial charge on any atom is -0.426 e. The summed E-state index contributed by atoms with van der Waals surface area (Å²) in [6.45, 7) is 3.86. The quantitative estimate of drug-likeness (QED) is 0.193. The van der Waals surface area contributed by atoms with Gasteiger partial charge in [0.1, 0.15) is 5.75 Å². The Labute approximate surface area is 236 Å². The normalized spacial score (nSPS) is 27.6. The van der Waals surface area contributed by atoms with E-state index in [0.717, 1.165) is 5.56 Å². The molecule has 0 aromatic heterocycles. The van der Waals surface area contributed by atoms with E-state index in [9.17, 15) is 19.2 Å². The van der Waals surface area contributed by atoms with Gasteiger partial charge in [0.2, 0.25) is 17.7 Å². The minimum absolute atomic E-state index is 0.0457. The number of carbonyl (C=O) groups excluding carboxylic acids is 4. The van der Waals surface area contributed by atoms with Crippen LogP contribution in [0.1, 0.15) is 30.4 Å². The standard InChI is InChI=1S/C27H25Br2ClN2O5/c1-13-3-4-16(9-22(13)30)31-12-15(8-24(31)33)27(36)37-17-5-6-23(14(2)7-17)32-25(34)18-10-20(28)21(29)11-19(18)26(32)35/h3-7,9,15,18-21H,8,10-12H2,1-2H3/t15-,18-,19+,20+,21-/m1/s1. The highest BCUT2D eigenvalue weighted by atomic mass is 79.9. The lowest BCUT2D eigenvalue weighted by atomic mass is 9.81. The number of carbonyl (C=O) groups is 4. The highest BCUT2D eigenvalue weighted by molar-refractivity contribution is 9.12. The molecule has 0 radical (unpaired) electrons. The van der Waals surface area contributed by atoms with Crippen molar-refractivity contribution in [2.75, 3.05) is 16.3 Å². The number of fused-ring (bicyclic) bond motifs is 1. The largest absolute Gasteiger partial charge is 0.426 e. The topological polar surface area (TPSA) is 84.0 Å². The number of esters is 1. The zero-order chi connectivity index (χ0) is 26.6. The Hall–Kier alpha value is -2.23. The molecule has 0 unspecified atom stereocenters. The molecule has 0 spiro atoms. The van der Waals surface area contributed by atoms with Crippen molar-refractivity contribution in [3.05, 3.63) is 52.5 Å². The summed E-state index contributed by atoms with van der Waals surface area (Å²) in [6.07, 6.45) is 1.24. The molecule has 3 fully saturated rings. The van der Waals surface area contributed by atoms with Crippen molar-refractivity contribution in [2.24, 2.45) is 17.8 Å². The van der Waals surface area contributed by atoms with Crippen LogP contribution in [-0.4, -0.2) is 39.9 Å². The monoisotopic (exact) mass is 650 g/mol. The van der Waals surface area contributed by atoms with Crippen LogP contribution >= 0.6 is 43.5 Å². The summed E-state index contributed by atoms with van der Waals surface area (Å²) in [5, 5.41) is 0.556. The van der Waals surface area contributed by atoms with Crippen LogP contribution in [0.25, 0.3) is 0 Å². The number of imide groups is 1. The molecule has 10 heteroatoms. The lowest BCUT2D eigenvalue weighted by Gasteiger charge is -2.29. The predicted molar refractivity (Wildman–Crippen MR) is 148 cm³/mol. The molecule has 2 aromatic carbocycles. The van der Waals surface area contributed by atoms with E-state index < -0.39 is 11.9 Å². The number of anilines is 2. The van der Waals surface area contributed by atoms with E-state index in [1.807, 2.05) is 19.1 Å². The van der Waals surface area contributed by atoms with Gasteiger partial charge in [0, 0.05) is 33.3 Å². The smallest absolute Gasteiger partial charge is 0.316 e. The molecule has 7 nitrogen and oxygen atoms in total. The Bertz CT molecular complexity index is 1290. The number of hydrogen-bond acceptors (Lipinski definition) is 5. The SMILES string of the molecule is Cc1ccc(N2C[C@H](C(=O)Oc3ccc(N4C(=O)[C@H]5C[C@@H](Br)[C@@H](Br)C[C@H]5C4=O)c(C)c3)CC2=O)cc1Cl. The predicted octanol–water partition coefficient (Wildman–Crippen LogP) is 5.34. The van der Waals surface area contributed by atoms with Crippen molar-refractivity contribution >= 4 is 78.5 Å².